The molecular formula is C29H22Cl2FN7O2S. The van der Waals surface area contributed by atoms with Crippen molar-refractivity contribution in [3.8, 4) is 6.07 Å². The van der Waals surface area contributed by atoms with Crippen molar-refractivity contribution in [3.05, 3.63) is 99.7 Å². The molecule has 42 heavy (non-hydrogen) atoms. The quantitative estimate of drug-likeness (QED) is 0.193. The molecule has 9 nitrogen and oxygen atoms in total. The number of pyridine rings is 1. The molecule has 1 fully saturated rings. The number of nitriles is 1. The van der Waals surface area contributed by atoms with Crippen LogP contribution in [0.4, 0.5) is 21.5 Å². The summed E-state index contributed by atoms with van der Waals surface area (Å²) < 4.78 is 50.3. The highest BCUT2D eigenvalue weighted by molar-refractivity contribution is 7.91. The van der Waals surface area contributed by atoms with Crippen LogP contribution in [0.2, 0.25) is 10.0 Å². The number of nitrogens with zero attached hydrogens (tertiary/aromatic N) is 5. The van der Waals surface area contributed by atoms with Gasteiger partial charge in [-0.2, -0.15) is 5.26 Å². The summed E-state index contributed by atoms with van der Waals surface area (Å²) in [6.07, 6.45) is 6.00. The number of fused-ring (bicyclic) bond motifs is 1. The third-order valence-corrected chi connectivity index (χ3v) is 8.63. The zero-order chi connectivity index (χ0) is 30.5. The molecule has 2 heterocycles. The van der Waals surface area contributed by atoms with E-state index in [4.69, 9.17) is 23.2 Å². The first-order chi connectivity index (χ1) is 20.5. The average molecular weight is 624 g/mol. The van der Waals surface area contributed by atoms with Crippen LogP contribution < -0.4 is 10.6 Å². The molecule has 1 saturated carbocycles. The summed E-state index contributed by atoms with van der Waals surface area (Å²) in [7, 11) is -3.76. The van der Waals surface area contributed by atoms with Gasteiger partial charge in [0.1, 0.15) is 22.5 Å². The second-order valence-corrected chi connectivity index (χ2v) is 12.6. The van der Waals surface area contributed by atoms with E-state index < -0.39 is 21.7 Å². The largest absolute Gasteiger partial charge is 0.373 e. The summed E-state index contributed by atoms with van der Waals surface area (Å²) in [5, 5.41) is 25.2. The molecule has 212 valence electrons. The van der Waals surface area contributed by atoms with E-state index in [1.54, 1.807) is 29.1 Å². The van der Waals surface area contributed by atoms with Gasteiger partial charge in [0.05, 0.1) is 52.1 Å². The number of nitrogens with one attached hydrogen (secondary N) is 2. The van der Waals surface area contributed by atoms with Crippen molar-refractivity contribution in [2.24, 2.45) is 0 Å². The van der Waals surface area contributed by atoms with Crippen molar-refractivity contribution in [3.63, 3.8) is 0 Å². The molecule has 2 N–H and O–H groups in total. The SMILES string of the molecule is [2H]C(Nc1cc(Cl)c2ncc(C#N)c(Nc3cccc(Cl)c3S(C)(=O)=O)c2c1)(c1ccc(F)cc1)c1cn(C2CC2)nn1. The first-order valence-corrected chi connectivity index (χ1v) is 15.4. The van der Waals surface area contributed by atoms with Gasteiger partial charge < -0.3 is 10.6 Å². The maximum absolute atomic E-state index is 13.9. The second-order valence-electron chi connectivity index (χ2n) is 9.85. The van der Waals surface area contributed by atoms with Gasteiger partial charge in [-0.15, -0.1) is 5.10 Å². The average Bonchev–Trinajstić information content (AvgIpc) is 3.68. The summed E-state index contributed by atoms with van der Waals surface area (Å²) in [5.74, 6) is -0.457. The smallest absolute Gasteiger partial charge is 0.179 e. The van der Waals surface area contributed by atoms with Crippen molar-refractivity contribution in [1.29, 1.82) is 5.26 Å². The molecular weight excluding hydrogens is 600 g/mol. The monoisotopic (exact) mass is 622 g/mol. The summed E-state index contributed by atoms with van der Waals surface area (Å²) >= 11 is 12.9. The van der Waals surface area contributed by atoms with Crippen LogP contribution in [0.25, 0.3) is 10.9 Å². The van der Waals surface area contributed by atoms with Gasteiger partial charge in [-0.05, 0) is 54.8 Å². The van der Waals surface area contributed by atoms with E-state index in [-0.39, 0.29) is 43.6 Å². The zero-order valence-corrected chi connectivity index (χ0v) is 24.3. The number of aromatic nitrogens is 4. The molecule has 1 aliphatic carbocycles. The Morgan fingerprint density at radius 3 is 2.62 bits per heavy atom. The Morgan fingerprint density at radius 1 is 1.17 bits per heavy atom. The number of hydrogen-bond donors (Lipinski definition) is 2. The number of rotatable bonds is 8. The van der Waals surface area contributed by atoms with Crippen LogP contribution in [0.1, 0.15) is 43.1 Å². The van der Waals surface area contributed by atoms with Gasteiger partial charge in [-0.25, -0.2) is 17.5 Å². The fraction of sp³-hybridized carbons (Fsp3) is 0.172. The van der Waals surface area contributed by atoms with Gasteiger partial charge in [0.25, 0.3) is 0 Å². The summed E-state index contributed by atoms with van der Waals surface area (Å²) in [5.41, 5.74) is 1.87. The van der Waals surface area contributed by atoms with Crippen LogP contribution in [0.5, 0.6) is 0 Å². The Morgan fingerprint density at radius 2 is 1.93 bits per heavy atom. The minimum Gasteiger partial charge on any atom is -0.373 e. The first kappa shape index (κ1) is 26.6. The normalized spacial score (nSPS) is 15.1. The Balaban J connectivity index is 1.50. The molecule has 0 radical (unpaired) electrons. The van der Waals surface area contributed by atoms with E-state index in [0.717, 1.165) is 19.1 Å². The topological polar surface area (TPSA) is 126 Å². The Hall–Kier alpha value is -4.24. The van der Waals surface area contributed by atoms with E-state index >= 15 is 0 Å². The molecule has 3 aromatic carbocycles. The highest BCUT2D eigenvalue weighted by Gasteiger charge is 2.27. The lowest BCUT2D eigenvalue weighted by Gasteiger charge is -2.20. The summed E-state index contributed by atoms with van der Waals surface area (Å²) in [4.78, 5) is 4.22. The van der Waals surface area contributed by atoms with E-state index in [1.165, 1.54) is 42.6 Å². The molecule has 1 aliphatic rings. The number of anilines is 3. The second kappa shape index (κ2) is 10.9. The predicted octanol–water partition coefficient (Wildman–Crippen LogP) is 6.83. The van der Waals surface area contributed by atoms with E-state index in [0.29, 0.717) is 22.2 Å². The van der Waals surface area contributed by atoms with Crippen molar-refractivity contribution >= 4 is 61.0 Å². The minimum absolute atomic E-state index is 0.0160. The van der Waals surface area contributed by atoms with Gasteiger partial charge in [-0.1, -0.05) is 46.6 Å². The first-order valence-electron chi connectivity index (χ1n) is 13.2. The Kier molecular flexibility index (Phi) is 6.90. The van der Waals surface area contributed by atoms with Gasteiger partial charge >= 0.3 is 0 Å². The maximum Gasteiger partial charge on any atom is 0.179 e. The third kappa shape index (κ3) is 5.48. The summed E-state index contributed by atoms with van der Waals surface area (Å²) in [6, 6.07) is 13.9. The number of hydrogen-bond acceptors (Lipinski definition) is 8. The minimum atomic E-state index is -3.76. The molecule has 6 rings (SSSR count). The number of sulfone groups is 1. The van der Waals surface area contributed by atoms with E-state index in [1.807, 2.05) is 0 Å². The molecule has 2 aromatic heterocycles. The van der Waals surface area contributed by atoms with Gasteiger partial charge in [0.15, 0.2) is 9.84 Å². The lowest BCUT2D eigenvalue weighted by Crippen LogP contribution is -2.13. The Bertz CT molecular complexity index is 2050. The van der Waals surface area contributed by atoms with Crippen molar-refractivity contribution < 1.29 is 14.2 Å². The van der Waals surface area contributed by atoms with Crippen LogP contribution in [0.15, 0.2) is 71.9 Å². The van der Waals surface area contributed by atoms with Crippen LogP contribution in [0, 0.1) is 17.1 Å². The van der Waals surface area contributed by atoms with Crippen LogP contribution in [0.3, 0.4) is 0 Å². The van der Waals surface area contributed by atoms with E-state index in [9.17, 15) is 19.4 Å². The number of benzene rings is 3. The third-order valence-electron chi connectivity index (χ3n) is 6.73. The van der Waals surface area contributed by atoms with E-state index in [2.05, 4.69) is 32.0 Å². The summed E-state index contributed by atoms with van der Waals surface area (Å²) in [6.45, 7) is 0. The molecule has 1 unspecified atom stereocenters. The molecule has 13 heteroatoms. The highest BCUT2D eigenvalue weighted by atomic mass is 35.5. The Labute approximate surface area is 252 Å². The predicted molar refractivity (Wildman–Crippen MR) is 159 cm³/mol. The standard InChI is InChI=1S/C29H22Cl2FN7O2S/c1-42(40,41)29-22(30)3-2-4-24(29)36-26-17(13-33)14-34-28-21(26)11-19(12-23(28)31)35-27(16-5-7-18(32)8-6-16)25-15-39(38-37-25)20-9-10-20/h2-8,11-12,14-15,20,27,35H,9-10H2,1H3,(H,34,36)/i27D. The van der Waals surface area contributed by atoms with Crippen LogP contribution >= 0.6 is 23.2 Å². The number of halogens is 3. The molecule has 5 aromatic rings. The fourth-order valence-corrected chi connectivity index (χ4v) is 6.43. The lowest BCUT2D eigenvalue weighted by atomic mass is 10.0. The molecule has 0 spiro atoms. The van der Waals surface area contributed by atoms with Crippen LogP contribution in [-0.4, -0.2) is 34.7 Å². The molecule has 0 bridgehead atoms. The fourth-order valence-electron chi connectivity index (χ4n) is 4.62. The van der Waals surface area contributed by atoms with Crippen molar-refractivity contribution in [2.75, 3.05) is 16.9 Å². The molecule has 0 saturated heterocycles. The van der Waals surface area contributed by atoms with Crippen LogP contribution in [-0.2, 0) is 9.84 Å². The van der Waals surface area contributed by atoms with Crippen molar-refractivity contribution in [2.45, 2.75) is 29.8 Å². The van der Waals surface area contributed by atoms with Gasteiger partial charge in [0, 0.05) is 23.5 Å². The zero-order valence-electron chi connectivity index (χ0n) is 22.9. The van der Waals surface area contributed by atoms with Gasteiger partial charge in [-0.3, -0.25) is 4.98 Å². The highest BCUT2D eigenvalue weighted by Crippen LogP contribution is 2.39. The van der Waals surface area contributed by atoms with Crippen molar-refractivity contribution in [1.82, 2.24) is 20.0 Å². The molecule has 0 aliphatic heterocycles. The maximum atomic E-state index is 13.9. The lowest BCUT2D eigenvalue weighted by molar-refractivity contribution is 0.602. The molecule has 1 atom stereocenters. The molecule has 0 amide bonds. The van der Waals surface area contributed by atoms with Gasteiger partial charge in [0.2, 0.25) is 0 Å².